The van der Waals surface area contributed by atoms with Gasteiger partial charge in [0, 0.05) is 6.04 Å². The Morgan fingerprint density at radius 2 is 1.84 bits per heavy atom. The van der Waals surface area contributed by atoms with Gasteiger partial charge in [0.05, 0.1) is 12.0 Å². The molecular formula is C15H29NO3. The minimum atomic E-state index is -0.834. The lowest BCUT2D eigenvalue weighted by Crippen LogP contribution is -2.39. The van der Waals surface area contributed by atoms with Gasteiger partial charge >= 0.3 is 5.97 Å². The maximum Gasteiger partial charge on any atom is 0.306 e. The van der Waals surface area contributed by atoms with Gasteiger partial charge < -0.3 is 15.9 Å². The molecule has 4 nitrogen and oxygen atoms in total. The average Bonchev–Trinajstić information content (AvgIpc) is 2.35. The van der Waals surface area contributed by atoms with Crippen LogP contribution in [0.15, 0.2) is 0 Å². The molecular weight excluding hydrogens is 242 g/mol. The molecule has 0 amide bonds. The normalized spacial score (nSPS) is 22.2. The van der Waals surface area contributed by atoms with Gasteiger partial charge in [0.15, 0.2) is 0 Å². The Bertz CT molecular complexity index is 275. The molecule has 0 aromatic rings. The van der Waals surface area contributed by atoms with Crippen LogP contribution in [0.3, 0.4) is 0 Å². The molecule has 4 heteroatoms. The molecule has 0 aliphatic heterocycles. The number of hydrogen-bond acceptors (Lipinski definition) is 3. The van der Waals surface area contributed by atoms with E-state index in [1.807, 2.05) is 13.8 Å². The summed E-state index contributed by atoms with van der Waals surface area (Å²) < 4.78 is 0. The molecule has 0 heterocycles. The van der Waals surface area contributed by atoms with E-state index in [1.54, 1.807) is 0 Å². The van der Waals surface area contributed by atoms with Crippen molar-refractivity contribution in [3.8, 4) is 0 Å². The van der Waals surface area contributed by atoms with Gasteiger partial charge in [-0.25, -0.2) is 0 Å². The second-order valence-corrected chi connectivity index (χ2v) is 6.40. The maximum atomic E-state index is 11.1. The van der Waals surface area contributed by atoms with Crippen LogP contribution in [0.4, 0.5) is 0 Å². The molecule has 19 heavy (non-hydrogen) atoms. The molecule has 3 atom stereocenters. The molecule has 1 saturated carbocycles. The molecule has 0 saturated heterocycles. The molecule has 0 spiro atoms. The third-order valence-corrected chi connectivity index (χ3v) is 4.44. The smallest absolute Gasteiger partial charge is 0.306 e. The van der Waals surface area contributed by atoms with Gasteiger partial charge in [0.25, 0.3) is 0 Å². The van der Waals surface area contributed by atoms with E-state index in [2.05, 4.69) is 0 Å². The Balaban J connectivity index is 2.41. The summed E-state index contributed by atoms with van der Waals surface area (Å²) in [4.78, 5) is 11.1. The molecule has 0 bridgehead atoms. The van der Waals surface area contributed by atoms with Gasteiger partial charge in [0.1, 0.15) is 0 Å². The zero-order valence-corrected chi connectivity index (χ0v) is 12.2. The van der Waals surface area contributed by atoms with E-state index in [9.17, 15) is 9.90 Å². The summed E-state index contributed by atoms with van der Waals surface area (Å²) in [6.45, 7) is 3.75. The molecule has 0 unspecified atom stereocenters. The first-order valence-corrected chi connectivity index (χ1v) is 7.58. The highest BCUT2D eigenvalue weighted by atomic mass is 16.4. The average molecular weight is 271 g/mol. The summed E-state index contributed by atoms with van der Waals surface area (Å²) >= 11 is 0. The van der Waals surface area contributed by atoms with Crippen molar-refractivity contribution in [2.75, 3.05) is 0 Å². The molecule has 0 radical (unpaired) electrons. The van der Waals surface area contributed by atoms with E-state index < -0.39 is 18.0 Å². The van der Waals surface area contributed by atoms with Crippen LogP contribution in [0.25, 0.3) is 0 Å². The van der Waals surface area contributed by atoms with Crippen LogP contribution >= 0.6 is 0 Å². The highest BCUT2D eigenvalue weighted by Gasteiger charge is 2.28. The van der Waals surface area contributed by atoms with Crippen molar-refractivity contribution >= 4 is 5.97 Å². The van der Waals surface area contributed by atoms with E-state index in [0.29, 0.717) is 5.92 Å². The lowest BCUT2D eigenvalue weighted by molar-refractivity contribution is -0.144. The highest BCUT2D eigenvalue weighted by Crippen LogP contribution is 2.28. The fraction of sp³-hybridized carbons (Fsp3) is 0.933. The van der Waals surface area contributed by atoms with Crippen LogP contribution in [-0.4, -0.2) is 28.3 Å². The van der Waals surface area contributed by atoms with Crippen LogP contribution < -0.4 is 5.73 Å². The molecule has 0 aromatic carbocycles. The number of carboxylic acids is 1. The number of rotatable bonds is 7. The summed E-state index contributed by atoms with van der Waals surface area (Å²) in [6.07, 6.45) is 6.62. The predicted octanol–water partition coefficient (Wildman–Crippen LogP) is 2.39. The molecule has 1 rings (SSSR count). The van der Waals surface area contributed by atoms with Gasteiger partial charge in [-0.1, -0.05) is 46.0 Å². The monoisotopic (exact) mass is 271 g/mol. The maximum absolute atomic E-state index is 11.1. The van der Waals surface area contributed by atoms with Crippen molar-refractivity contribution in [1.29, 1.82) is 0 Å². The van der Waals surface area contributed by atoms with Crippen molar-refractivity contribution in [2.45, 2.75) is 70.9 Å². The van der Waals surface area contributed by atoms with Crippen molar-refractivity contribution in [3.63, 3.8) is 0 Å². The van der Waals surface area contributed by atoms with Gasteiger partial charge in [0.2, 0.25) is 0 Å². The summed E-state index contributed by atoms with van der Waals surface area (Å²) in [5, 5.41) is 19.3. The van der Waals surface area contributed by atoms with Gasteiger partial charge in [-0.05, 0) is 24.7 Å². The molecule has 4 N–H and O–H groups in total. The first-order valence-electron chi connectivity index (χ1n) is 7.58. The lowest BCUT2D eigenvalue weighted by Gasteiger charge is -2.28. The zero-order valence-electron chi connectivity index (χ0n) is 12.2. The van der Waals surface area contributed by atoms with Crippen LogP contribution in [0.2, 0.25) is 0 Å². The van der Waals surface area contributed by atoms with Crippen LogP contribution in [0.5, 0.6) is 0 Å². The van der Waals surface area contributed by atoms with Gasteiger partial charge in [-0.2, -0.15) is 0 Å². The molecule has 0 aromatic heterocycles. The standard InChI is InChI=1S/C15H29NO3/c1-10(2)12(15(18)19)9-14(17)13(16)8-11-6-4-3-5-7-11/h10-14,17H,3-9,16H2,1-2H3,(H,18,19)/t12-,13-,14-/m0/s1. The number of carbonyl (C=O) groups is 1. The minimum absolute atomic E-state index is 0.0223. The Kier molecular flexibility index (Phi) is 6.80. The minimum Gasteiger partial charge on any atom is -0.481 e. The third-order valence-electron chi connectivity index (χ3n) is 4.44. The number of aliphatic carboxylic acids is 1. The van der Waals surface area contributed by atoms with E-state index >= 15 is 0 Å². The third kappa shape index (κ3) is 5.49. The van der Waals surface area contributed by atoms with E-state index in [1.165, 1.54) is 32.1 Å². The van der Waals surface area contributed by atoms with Crippen molar-refractivity contribution in [3.05, 3.63) is 0 Å². The number of aliphatic hydroxyl groups is 1. The van der Waals surface area contributed by atoms with Crippen LogP contribution in [0.1, 0.15) is 58.8 Å². The van der Waals surface area contributed by atoms with Crippen molar-refractivity contribution < 1.29 is 15.0 Å². The fourth-order valence-corrected chi connectivity index (χ4v) is 3.06. The summed E-state index contributed by atoms with van der Waals surface area (Å²) in [7, 11) is 0. The number of carboxylic acid groups (broad SMARTS) is 1. The quantitative estimate of drug-likeness (QED) is 0.664. The molecule has 112 valence electrons. The largest absolute Gasteiger partial charge is 0.481 e. The van der Waals surface area contributed by atoms with E-state index in [-0.39, 0.29) is 18.4 Å². The summed E-state index contributed by atoms with van der Waals surface area (Å²) in [5.74, 6) is -0.707. The van der Waals surface area contributed by atoms with Crippen LogP contribution in [-0.2, 0) is 4.79 Å². The first-order chi connectivity index (χ1) is 8.91. The Morgan fingerprint density at radius 1 is 1.26 bits per heavy atom. The van der Waals surface area contributed by atoms with Crippen molar-refractivity contribution in [1.82, 2.24) is 0 Å². The second kappa shape index (κ2) is 7.85. The summed E-state index contributed by atoms with van der Waals surface area (Å²) in [6, 6.07) is -0.288. The Hall–Kier alpha value is -0.610. The van der Waals surface area contributed by atoms with E-state index in [4.69, 9.17) is 10.8 Å². The number of hydrogen-bond donors (Lipinski definition) is 3. The topological polar surface area (TPSA) is 83.5 Å². The highest BCUT2D eigenvalue weighted by molar-refractivity contribution is 5.70. The molecule has 1 fully saturated rings. The Morgan fingerprint density at radius 3 is 2.32 bits per heavy atom. The molecule has 1 aliphatic carbocycles. The zero-order chi connectivity index (χ0) is 14.4. The predicted molar refractivity (Wildman–Crippen MR) is 75.8 cm³/mol. The van der Waals surface area contributed by atoms with E-state index in [0.717, 1.165) is 6.42 Å². The van der Waals surface area contributed by atoms with Gasteiger partial charge in [-0.15, -0.1) is 0 Å². The lowest BCUT2D eigenvalue weighted by atomic mass is 9.81. The SMILES string of the molecule is CC(C)[C@H](C[C@H](O)[C@@H](N)CC1CCCCC1)C(=O)O. The molecule has 1 aliphatic rings. The fourth-order valence-electron chi connectivity index (χ4n) is 3.06. The summed E-state index contributed by atoms with van der Waals surface area (Å²) in [5.41, 5.74) is 6.05. The van der Waals surface area contributed by atoms with Gasteiger partial charge in [-0.3, -0.25) is 4.79 Å². The second-order valence-electron chi connectivity index (χ2n) is 6.40. The number of aliphatic hydroxyl groups excluding tert-OH is 1. The number of nitrogens with two attached hydrogens (primary N) is 1. The van der Waals surface area contributed by atoms with Crippen molar-refractivity contribution in [2.24, 2.45) is 23.5 Å². The Labute approximate surface area is 116 Å². The first kappa shape index (κ1) is 16.4. The van der Waals surface area contributed by atoms with Crippen LogP contribution in [0, 0.1) is 17.8 Å².